The highest BCUT2D eigenvalue weighted by molar-refractivity contribution is 6.04. The number of ether oxygens (including phenoxy) is 3. The first-order chi connectivity index (χ1) is 10.1. The van der Waals surface area contributed by atoms with Gasteiger partial charge in [-0.25, -0.2) is 4.79 Å². The van der Waals surface area contributed by atoms with Crippen LogP contribution in [0.4, 0.5) is 0 Å². The second kappa shape index (κ2) is 5.47. The Labute approximate surface area is 123 Å². The second-order valence-electron chi connectivity index (χ2n) is 5.58. The zero-order chi connectivity index (χ0) is 14.9. The van der Waals surface area contributed by atoms with Crippen LogP contribution in [-0.2, 0) is 14.2 Å². The van der Waals surface area contributed by atoms with Crippen LogP contribution in [0.2, 0.25) is 0 Å². The van der Waals surface area contributed by atoms with Crippen LogP contribution in [0.3, 0.4) is 0 Å². The third kappa shape index (κ3) is 3.06. The fraction of sp³-hybridized carbons (Fsp3) is 0.353. The Morgan fingerprint density at radius 1 is 1.24 bits per heavy atom. The second-order valence-corrected chi connectivity index (χ2v) is 5.58. The van der Waals surface area contributed by atoms with E-state index in [0.717, 1.165) is 10.8 Å². The summed E-state index contributed by atoms with van der Waals surface area (Å²) in [6.07, 6.45) is -0.209. The van der Waals surface area contributed by atoms with E-state index in [0.29, 0.717) is 12.2 Å². The first-order valence-electron chi connectivity index (χ1n) is 7.02. The molecule has 0 radical (unpaired) electrons. The quantitative estimate of drug-likeness (QED) is 0.813. The SMILES string of the molecule is CC1(C)OCC(COC(=O)c2cccc3ccccc23)O1. The van der Waals surface area contributed by atoms with Crippen LogP contribution in [0.5, 0.6) is 0 Å². The average molecular weight is 286 g/mol. The molecule has 0 aliphatic carbocycles. The molecule has 0 aromatic heterocycles. The van der Waals surface area contributed by atoms with E-state index < -0.39 is 5.79 Å². The molecule has 0 saturated carbocycles. The molecule has 0 bridgehead atoms. The molecule has 1 heterocycles. The lowest BCUT2D eigenvalue weighted by Gasteiger charge is -2.17. The van der Waals surface area contributed by atoms with E-state index in [1.807, 2.05) is 50.2 Å². The molecule has 1 aliphatic rings. The third-order valence-corrected chi connectivity index (χ3v) is 3.48. The van der Waals surface area contributed by atoms with Crippen molar-refractivity contribution in [1.29, 1.82) is 0 Å². The molecule has 3 rings (SSSR count). The summed E-state index contributed by atoms with van der Waals surface area (Å²) in [5.74, 6) is -0.934. The molecule has 0 N–H and O–H groups in total. The van der Waals surface area contributed by atoms with Crippen molar-refractivity contribution in [3.8, 4) is 0 Å². The Balaban J connectivity index is 1.70. The fourth-order valence-corrected chi connectivity index (χ4v) is 2.49. The number of carbonyl (C=O) groups is 1. The van der Waals surface area contributed by atoms with Crippen molar-refractivity contribution in [2.24, 2.45) is 0 Å². The van der Waals surface area contributed by atoms with Gasteiger partial charge in [0, 0.05) is 0 Å². The maximum Gasteiger partial charge on any atom is 0.338 e. The van der Waals surface area contributed by atoms with Crippen molar-refractivity contribution >= 4 is 16.7 Å². The number of rotatable bonds is 3. The van der Waals surface area contributed by atoms with Gasteiger partial charge in [0.2, 0.25) is 0 Å². The monoisotopic (exact) mass is 286 g/mol. The lowest BCUT2D eigenvalue weighted by molar-refractivity contribution is -0.142. The van der Waals surface area contributed by atoms with Crippen molar-refractivity contribution in [2.75, 3.05) is 13.2 Å². The Kier molecular flexibility index (Phi) is 3.66. The van der Waals surface area contributed by atoms with Crippen LogP contribution < -0.4 is 0 Å². The molecule has 0 amide bonds. The van der Waals surface area contributed by atoms with E-state index in [9.17, 15) is 4.79 Å². The molecule has 110 valence electrons. The summed E-state index contributed by atoms with van der Waals surface area (Å²) in [6, 6.07) is 13.4. The predicted molar refractivity (Wildman–Crippen MR) is 79.1 cm³/mol. The predicted octanol–water partition coefficient (Wildman–Crippen LogP) is 3.15. The molecular weight excluding hydrogens is 268 g/mol. The van der Waals surface area contributed by atoms with Gasteiger partial charge in [0.25, 0.3) is 0 Å². The first-order valence-corrected chi connectivity index (χ1v) is 7.02. The first kappa shape index (κ1) is 14.0. The molecule has 4 heteroatoms. The minimum absolute atomic E-state index is 0.200. The van der Waals surface area contributed by atoms with Gasteiger partial charge in [-0.2, -0.15) is 0 Å². The molecular formula is C17H18O4. The summed E-state index contributed by atoms with van der Waals surface area (Å²) in [7, 11) is 0. The molecule has 1 unspecified atom stereocenters. The molecule has 1 saturated heterocycles. The van der Waals surface area contributed by atoms with Crippen molar-refractivity contribution in [3.63, 3.8) is 0 Å². The molecule has 1 aliphatic heterocycles. The highest BCUT2D eigenvalue weighted by Crippen LogP contribution is 2.23. The van der Waals surface area contributed by atoms with E-state index in [1.54, 1.807) is 6.07 Å². The van der Waals surface area contributed by atoms with Crippen molar-refractivity contribution < 1.29 is 19.0 Å². The summed E-state index contributed by atoms with van der Waals surface area (Å²) < 4.78 is 16.4. The third-order valence-electron chi connectivity index (χ3n) is 3.48. The Morgan fingerprint density at radius 2 is 2.00 bits per heavy atom. The molecule has 4 nitrogen and oxygen atoms in total. The van der Waals surface area contributed by atoms with Gasteiger partial charge in [0.1, 0.15) is 12.7 Å². The summed E-state index contributed by atoms with van der Waals surface area (Å²) in [6.45, 7) is 4.33. The standard InChI is InChI=1S/C17H18O4/c1-17(2)20-11-13(21-17)10-19-16(18)15-9-5-7-12-6-3-4-8-14(12)15/h3-9,13H,10-11H2,1-2H3. The van der Waals surface area contributed by atoms with Gasteiger partial charge in [-0.3, -0.25) is 0 Å². The molecule has 21 heavy (non-hydrogen) atoms. The largest absolute Gasteiger partial charge is 0.459 e. The van der Waals surface area contributed by atoms with Crippen LogP contribution in [0.1, 0.15) is 24.2 Å². The van der Waals surface area contributed by atoms with Crippen LogP contribution in [0.25, 0.3) is 10.8 Å². The van der Waals surface area contributed by atoms with E-state index in [-0.39, 0.29) is 18.7 Å². The number of hydrogen-bond donors (Lipinski definition) is 0. The van der Waals surface area contributed by atoms with Gasteiger partial charge >= 0.3 is 5.97 Å². The molecule has 1 atom stereocenters. The number of benzene rings is 2. The van der Waals surface area contributed by atoms with Gasteiger partial charge in [0.15, 0.2) is 5.79 Å². The van der Waals surface area contributed by atoms with Crippen LogP contribution >= 0.6 is 0 Å². The maximum absolute atomic E-state index is 12.3. The average Bonchev–Trinajstić information content (AvgIpc) is 2.83. The number of esters is 1. The maximum atomic E-state index is 12.3. The number of carbonyl (C=O) groups excluding carboxylic acids is 1. The van der Waals surface area contributed by atoms with Gasteiger partial charge < -0.3 is 14.2 Å². The minimum Gasteiger partial charge on any atom is -0.459 e. The van der Waals surface area contributed by atoms with Crippen molar-refractivity contribution in [3.05, 3.63) is 48.0 Å². The Hall–Kier alpha value is -1.91. The van der Waals surface area contributed by atoms with Crippen molar-refractivity contribution in [1.82, 2.24) is 0 Å². The van der Waals surface area contributed by atoms with Gasteiger partial charge in [-0.1, -0.05) is 36.4 Å². The van der Waals surface area contributed by atoms with Crippen LogP contribution in [0, 0.1) is 0 Å². The zero-order valence-electron chi connectivity index (χ0n) is 12.2. The van der Waals surface area contributed by atoms with E-state index >= 15 is 0 Å². The molecule has 0 spiro atoms. The molecule has 2 aromatic carbocycles. The summed E-state index contributed by atoms with van der Waals surface area (Å²) in [5.41, 5.74) is 0.575. The van der Waals surface area contributed by atoms with Gasteiger partial charge in [-0.05, 0) is 30.7 Å². The number of hydrogen-bond acceptors (Lipinski definition) is 4. The number of fused-ring (bicyclic) bond motifs is 1. The minimum atomic E-state index is -0.601. The summed E-state index contributed by atoms with van der Waals surface area (Å²) in [4.78, 5) is 12.3. The lowest BCUT2D eigenvalue weighted by atomic mass is 10.1. The summed E-state index contributed by atoms with van der Waals surface area (Å²) in [5, 5.41) is 1.92. The molecule has 2 aromatic rings. The zero-order valence-corrected chi connectivity index (χ0v) is 12.2. The van der Waals surface area contributed by atoms with Crippen molar-refractivity contribution in [2.45, 2.75) is 25.7 Å². The van der Waals surface area contributed by atoms with Crippen LogP contribution in [0.15, 0.2) is 42.5 Å². The fourth-order valence-electron chi connectivity index (χ4n) is 2.49. The Morgan fingerprint density at radius 3 is 2.76 bits per heavy atom. The molecule has 1 fully saturated rings. The van der Waals surface area contributed by atoms with E-state index in [1.165, 1.54) is 0 Å². The van der Waals surface area contributed by atoms with E-state index in [4.69, 9.17) is 14.2 Å². The highest BCUT2D eigenvalue weighted by Gasteiger charge is 2.33. The van der Waals surface area contributed by atoms with Crippen LogP contribution in [-0.4, -0.2) is 31.1 Å². The van der Waals surface area contributed by atoms with E-state index in [2.05, 4.69) is 0 Å². The summed E-state index contributed by atoms with van der Waals surface area (Å²) >= 11 is 0. The lowest BCUT2D eigenvalue weighted by Crippen LogP contribution is -2.25. The normalized spacial score (nSPS) is 20.6. The van der Waals surface area contributed by atoms with Gasteiger partial charge in [-0.15, -0.1) is 0 Å². The van der Waals surface area contributed by atoms with Gasteiger partial charge in [0.05, 0.1) is 12.2 Å². The Bertz CT molecular complexity index is 657. The topological polar surface area (TPSA) is 44.8 Å². The highest BCUT2D eigenvalue weighted by atomic mass is 16.7. The smallest absolute Gasteiger partial charge is 0.338 e.